The average Bonchev–Trinajstić information content (AvgIpc) is 2.79. The normalized spacial score (nSPS) is 11.5. The van der Waals surface area contributed by atoms with Gasteiger partial charge < -0.3 is 10.3 Å². The van der Waals surface area contributed by atoms with Crippen molar-refractivity contribution in [3.8, 4) is 0 Å². The minimum atomic E-state index is -0.788. The number of aromatic nitrogens is 2. The molecular formula is C12H12FN3O2. The molecule has 0 aliphatic heterocycles. The molecule has 0 unspecified atom stereocenters. The van der Waals surface area contributed by atoms with E-state index in [1.54, 1.807) is 26.0 Å². The van der Waals surface area contributed by atoms with E-state index in [0.717, 1.165) is 0 Å². The third-order valence-corrected chi connectivity index (χ3v) is 2.74. The van der Waals surface area contributed by atoms with E-state index in [-0.39, 0.29) is 17.5 Å². The highest BCUT2D eigenvalue weighted by atomic mass is 19.1. The van der Waals surface area contributed by atoms with Crippen LogP contribution in [0.5, 0.6) is 0 Å². The lowest BCUT2D eigenvalue weighted by molar-refractivity contribution is 0.0958. The Morgan fingerprint density at radius 1 is 1.44 bits per heavy atom. The number of nitrogens with two attached hydrogens (primary N) is 1. The predicted molar refractivity (Wildman–Crippen MR) is 61.3 cm³/mol. The Morgan fingerprint density at radius 2 is 2.17 bits per heavy atom. The molecule has 1 amide bonds. The number of rotatable bonds is 3. The molecule has 0 atom stereocenters. The molecule has 1 aromatic carbocycles. The molecule has 1 aromatic heterocycles. The number of amides is 1. The third kappa shape index (κ3) is 2.09. The maximum Gasteiger partial charge on any atom is 0.315 e. The van der Waals surface area contributed by atoms with Crippen LogP contribution < -0.4 is 5.73 Å². The number of primary amides is 1. The minimum Gasteiger partial charge on any atom is -0.361 e. The van der Waals surface area contributed by atoms with E-state index < -0.39 is 11.3 Å². The van der Waals surface area contributed by atoms with Crippen LogP contribution in [0.1, 0.15) is 35.9 Å². The fourth-order valence-corrected chi connectivity index (χ4v) is 1.58. The first-order valence-electron chi connectivity index (χ1n) is 5.31. The summed E-state index contributed by atoms with van der Waals surface area (Å²) < 4.78 is 17.9. The number of benzene rings is 1. The Kier molecular flexibility index (Phi) is 2.86. The second-order valence-electron chi connectivity index (χ2n) is 4.42. The number of carbonyl (C=O) groups is 1. The molecule has 2 rings (SSSR count). The summed E-state index contributed by atoms with van der Waals surface area (Å²) in [5, 5.41) is 3.71. The molecule has 0 fully saturated rings. The van der Waals surface area contributed by atoms with Crippen molar-refractivity contribution >= 4 is 5.91 Å². The second-order valence-corrected chi connectivity index (χ2v) is 4.42. The Labute approximate surface area is 103 Å². The lowest BCUT2D eigenvalue weighted by Gasteiger charge is -2.20. The molecule has 0 saturated heterocycles. The van der Waals surface area contributed by atoms with Gasteiger partial charge in [0, 0.05) is 0 Å². The number of halogens is 1. The predicted octanol–water partition coefficient (Wildman–Crippen LogP) is 1.63. The second kappa shape index (κ2) is 4.21. The van der Waals surface area contributed by atoms with Crippen molar-refractivity contribution in [1.82, 2.24) is 10.1 Å². The van der Waals surface area contributed by atoms with E-state index in [1.165, 1.54) is 12.1 Å². The monoisotopic (exact) mass is 249 g/mol. The zero-order chi connectivity index (χ0) is 13.3. The lowest BCUT2D eigenvalue weighted by atomic mass is 9.84. The van der Waals surface area contributed by atoms with Gasteiger partial charge in [0.05, 0.1) is 5.41 Å². The molecule has 0 spiro atoms. The average molecular weight is 249 g/mol. The Bertz CT molecular complexity index is 593. The van der Waals surface area contributed by atoms with Crippen molar-refractivity contribution in [2.75, 3.05) is 0 Å². The van der Waals surface area contributed by atoms with Crippen LogP contribution in [0.2, 0.25) is 0 Å². The highest BCUT2D eigenvalue weighted by Gasteiger charge is 2.30. The summed E-state index contributed by atoms with van der Waals surface area (Å²) in [7, 11) is 0. The molecule has 1 heterocycles. The largest absolute Gasteiger partial charge is 0.361 e. The summed E-state index contributed by atoms with van der Waals surface area (Å²) >= 11 is 0. The summed E-state index contributed by atoms with van der Waals surface area (Å²) in [4.78, 5) is 14.8. The molecule has 0 bridgehead atoms. The molecule has 0 aliphatic rings. The van der Waals surface area contributed by atoms with Crippen molar-refractivity contribution in [1.29, 1.82) is 0 Å². The first-order chi connectivity index (χ1) is 8.41. The van der Waals surface area contributed by atoms with Crippen molar-refractivity contribution < 1.29 is 13.7 Å². The first-order valence-corrected chi connectivity index (χ1v) is 5.31. The summed E-state index contributed by atoms with van der Waals surface area (Å²) in [6.07, 6.45) is 0. The van der Waals surface area contributed by atoms with Gasteiger partial charge in [0.15, 0.2) is 5.82 Å². The van der Waals surface area contributed by atoms with E-state index in [4.69, 9.17) is 10.3 Å². The zero-order valence-electron chi connectivity index (χ0n) is 9.98. The van der Waals surface area contributed by atoms with Crippen LogP contribution in [0.25, 0.3) is 0 Å². The molecule has 6 heteroatoms. The maximum absolute atomic E-state index is 13.2. The summed E-state index contributed by atoms with van der Waals surface area (Å²) in [5.41, 5.74) is 5.04. The van der Waals surface area contributed by atoms with E-state index in [9.17, 15) is 9.18 Å². The van der Waals surface area contributed by atoms with Crippen molar-refractivity contribution in [2.45, 2.75) is 19.3 Å². The van der Waals surface area contributed by atoms with Gasteiger partial charge in [-0.15, -0.1) is 0 Å². The maximum atomic E-state index is 13.2. The van der Waals surface area contributed by atoms with Crippen LogP contribution in [0.3, 0.4) is 0 Å². The van der Waals surface area contributed by atoms with Gasteiger partial charge in [-0.05, 0) is 31.5 Å². The van der Waals surface area contributed by atoms with Gasteiger partial charge in [-0.3, -0.25) is 4.79 Å². The third-order valence-electron chi connectivity index (χ3n) is 2.74. The fraction of sp³-hybridized carbons (Fsp3) is 0.250. The van der Waals surface area contributed by atoms with Gasteiger partial charge in [0.25, 0.3) is 0 Å². The molecule has 2 N–H and O–H groups in total. The number of nitrogens with zero attached hydrogens (tertiary/aromatic N) is 2. The van der Waals surface area contributed by atoms with Gasteiger partial charge >= 0.3 is 11.8 Å². The SMILES string of the molecule is CC(C)(c1cccc(F)c1)c1noc(C(N)=O)n1. The Hall–Kier alpha value is -2.24. The van der Waals surface area contributed by atoms with E-state index in [2.05, 4.69) is 10.1 Å². The summed E-state index contributed by atoms with van der Waals surface area (Å²) in [5.74, 6) is -1.11. The standard InChI is InChI=1S/C12H12FN3O2/c1-12(2,7-4-3-5-8(13)6-7)11-15-10(9(14)17)18-16-11/h3-6H,1-2H3,(H2,14,17). The number of hydrogen-bond donors (Lipinski definition) is 1. The topological polar surface area (TPSA) is 82.0 Å². The molecule has 0 aliphatic carbocycles. The van der Waals surface area contributed by atoms with E-state index in [0.29, 0.717) is 5.56 Å². The molecule has 2 aromatic rings. The van der Waals surface area contributed by atoms with Gasteiger partial charge in [-0.1, -0.05) is 17.3 Å². The highest BCUT2D eigenvalue weighted by molar-refractivity contribution is 5.87. The smallest absolute Gasteiger partial charge is 0.315 e. The quantitative estimate of drug-likeness (QED) is 0.896. The number of carbonyl (C=O) groups excluding carboxylic acids is 1. The van der Waals surface area contributed by atoms with Crippen LogP contribution in [-0.2, 0) is 5.41 Å². The van der Waals surface area contributed by atoms with E-state index in [1.807, 2.05) is 0 Å². The van der Waals surface area contributed by atoms with Crippen molar-refractivity contribution in [3.63, 3.8) is 0 Å². The van der Waals surface area contributed by atoms with Crippen LogP contribution in [0, 0.1) is 5.82 Å². The van der Waals surface area contributed by atoms with Gasteiger partial charge in [-0.25, -0.2) is 4.39 Å². The van der Waals surface area contributed by atoms with Crippen LogP contribution in [0.4, 0.5) is 4.39 Å². The van der Waals surface area contributed by atoms with Gasteiger partial charge in [0.1, 0.15) is 5.82 Å². The fourth-order valence-electron chi connectivity index (χ4n) is 1.58. The molecular weight excluding hydrogens is 237 g/mol. The highest BCUT2D eigenvalue weighted by Crippen LogP contribution is 2.29. The molecule has 94 valence electrons. The number of hydrogen-bond acceptors (Lipinski definition) is 4. The first kappa shape index (κ1) is 12.2. The molecule has 0 saturated carbocycles. The zero-order valence-corrected chi connectivity index (χ0v) is 9.98. The lowest BCUT2D eigenvalue weighted by Crippen LogP contribution is -2.21. The van der Waals surface area contributed by atoms with E-state index >= 15 is 0 Å². The van der Waals surface area contributed by atoms with Crippen molar-refractivity contribution in [3.05, 3.63) is 47.4 Å². The summed E-state index contributed by atoms with van der Waals surface area (Å²) in [6, 6.07) is 6.09. The molecule has 0 radical (unpaired) electrons. The minimum absolute atomic E-state index is 0.255. The van der Waals surface area contributed by atoms with Gasteiger partial charge in [0.2, 0.25) is 0 Å². The molecule has 18 heavy (non-hydrogen) atoms. The van der Waals surface area contributed by atoms with Crippen molar-refractivity contribution in [2.24, 2.45) is 5.73 Å². The van der Waals surface area contributed by atoms with Gasteiger partial charge in [-0.2, -0.15) is 4.98 Å². The Balaban J connectivity index is 2.43. The Morgan fingerprint density at radius 3 is 2.72 bits per heavy atom. The molecule has 5 nitrogen and oxygen atoms in total. The van der Waals surface area contributed by atoms with Crippen LogP contribution >= 0.6 is 0 Å². The van der Waals surface area contributed by atoms with Crippen LogP contribution in [-0.4, -0.2) is 16.0 Å². The van der Waals surface area contributed by atoms with Crippen LogP contribution in [0.15, 0.2) is 28.8 Å². The summed E-state index contributed by atoms with van der Waals surface area (Å²) in [6.45, 7) is 3.61.